The van der Waals surface area contributed by atoms with Crippen LogP contribution in [0.25, 0.3) is 11.1 Å². The first-order valence-electron chi connectivity index (χ1n) is 33.2. The smallest absolute Gasteiger partial charge is 0.0742 e. The van der Waals surface area contributed by atoms with Gasteiger partial charge in [0.25, 0.3) is 0 Å². The van der Waals surface area contributed by atoms with Crippen LogP contribution in [0.3, 0.4) is 0 Å². The van der Waals surface area contributed by atoms with Gasteiger partial charge in [-0.15, -0.1) is 0 Å². The molecule has 91 heavy (non-hydrogen) atoms. The van der Waals surface area contributed by atoms with E-state index in [1.165, 1.54) is 145 Å². The van der Waals surface area contributed by atoms with Crippen molar-refractivity contribution in [1.29, 1.82) is 0 Å². The summed E-state index contributed by atoms with van der Waals surface area (Å²) >= 11 is 0. The number of unbranched alkanes of at least 4 members (excludes halogenated alkanes) is 2. The van der Waals surface area contributed by atoms with Gasteiger partial charge in [-0.05, 0) is 217 Å². The third-order valence-corrected chi connectivity index (χ3v) is 20.6. The molecule has 0 aromatic heterocycles. The second-order valence-electron chi connectivity index (χ2n) is 26.5. The minimum Gasteiger partial charge on any atom is -0.310 e. The molecule has 3 aliphatic rings. The van der Waals surface area contributed by atoms with Crippen LogP contribution in [0, 0.1) is 41.5 Å². The molecule has 0 bridgehead atoms. The second-order valence-corrected chi connectivity index (χ2v) is 26.5. The number of anilines is 6. The fourth-order valence-corrected chi connectivity index (χ4v) is 16.1. The molecule has 12 aromatic rings. The van der Waals surface area contributed by atoms with Gasteiger partial charge in [0, 0.05) is 11.4 Å². The van der Waals surface area contributed by atoms with E-state index >= 15 is 0 Å². The molecular formula is C89H80N2. The molecule has 12 aromatic carbocycles. The molecule has 0 amide bonds. The normalized spacial score (nSPS) is 14.4. The number of aryl methyl sites for hydroxylation is 8. The molecule has 2 heteroatoms. The summed E-state index contributed by atoms with van der Waals surface area (Å²) in [6.07, 6.45) is 6.75. The van der Waals surface area contributed by atoms with Crippen LogP contribution in [0.5, 0.6) is 0 Å². The van der Waals surface area contributed by atoms with Crippen molar-refractivity contribution in [2.45, 2.75) is 110 Å². The standard InChI is InChI=1S/C89H80N2/c1-9-11-19-65-35-47-73(48-36-65)90-83-51-33-63(7)53-79(83)88(69-39-25-59(3)26-40-69,70-41-27-60(4)28-42-70)81-55-75-76-56-82-86(58-78(76)87(77(75)57-85(81)90,67-21-15-13-16-22-67)68-23-17-14-18-24-68)91(74-49-37-66(38-50-74)20-12-10-2)84-52-34-64(8)54-80(84)89(82,71-43-29-61(5)30-44-71)72-45-31-62(6)32-46-72/h13-18,21-58H,9-12,19-20H2,1-8H3. The monoisotopic (exact) mass is 1180 g/mol. The summed E-state index contributed by atoms with van der Waals surface area (Å²) in [5.74, 6) is 0. The Morgan fingerprint density at radius 2 is 0.538 bits per heavy atom. The van der Waals surface area contributed by atoms with Crippen LogP contribution in [0.1, 0.15) is 151 Å². The van der Waals surface area contributed by atoms with Gasteiger partial charge in [-0.1, -0.05) is 266 Å². The lowest BCUT2D eigenvalue weighted by Gasteiger charge is -2.47. The van der Waals surface area contributed by atoms with Gasteiger partial charge >= 0.3 is 0 Å². The summed E-state index contributed by atoms with van der Waals surface area (Å²) in [4.78, 5) is 5.24. The Morgan fingerprint density at radius 3 is 0.857 bits per heavy atom. The number of benzene rings is 12. The first-order valence-corrected chi connectivity index (χ1v) is 33.2. The van der Waals surface area contributed by atoms with Crippen LogP contribution >= 0.6 is 0 Å². The lowest BCUT2D eigenvalue weighted by Crippen LogP contribution is -2.38. The highest BCUT2D eigenvalue weighted by Crippen LogP contribution is 2.67. The van der Waals surface area contributed by atoms with E-state index in [0.29, 0.717) is 0 Å². The van der Waals surface area contributed by atoms with Gasteiger partial charge in [-0.2, -0.15) is 0 Å². The molecule has 0 saturated carbocycles. The zero-order valence-corrected chi connectivity index (χ0v) is 54.0. The predicted octanol–water partition coefficient (Wildman–Crippen LogP) is 22.9. The summed E-state index contributed by atoms with van der Waals surface area (Å²) < 4.78 is 0. The zero-order chi connectivity index (χ0) is 62.2. The third kappa shape index (κ3) is 9.11. The van der Waals surface area contributed by atoms with Crippen molar-refractivity contribution in [1.82, 2.24) is 0 Å². The molecule has 0 spiro atoms. The van der Waals surface area contributed by atoms with E-state index in [-0.39, 0.29) is 0 Å². The molecule has 446 valence electrons. The van der Waals surface area contributed by atoms with Gasteiger partial charge in [0.05, 0.1) is 39.0 Å². The van der Waals surface area contributed by atoms with E-state index in [1.807, 2.05) is 0 Å². The van der Waals surface area contributed by atoms with Gasteiger partial charge in [0.2, 0.25) is 0 Å². The van der Waals surface area contributed by atoms with E-state index in [0.717, 1.165) is 49.9 Å². The van der Waals surface area contributed by atoms with E-state index in [9.17, 15) is 0 Å². The van der Waals surface area contributed by atoms with Crippen LogP contribution in [-0.4, -0.2) is 0 Å². The minimum absolute atomic E-state index is 0.756. The summed E-state index contributed by atoms with van der Waals surface area (Å²) in [5.41, 5.74) is 32.3. The molecule has 2 heterocycles. The quantitative estimate of drug-likeness (QED) is 0.107. The Bertz CT molecular complexity index is 4280. The summed E-state index contributed by atoms with van der Waals surface area (Å²) in [6, 6.07) is 105. The number of hydrogen-bond acceptors (Lipinski definition) is 2. The van der Waals surface area contributed by atoms with Crippen LogP contribution in [0.15, 0.2) is 267 Å². The number of hydrogen-bond donors (Lipinski definition) is 0. The maximum atomic E-state index is 2.68. The Balaban J connectivity index is 1.15. The Hall–Kier alpha value is -9.76. The molecule has 0 fully saturated rings. The molecule has 0 atom stereocenters. The highest BCUT2D eigenvalue weighted by atomic mass is 15.2. The Morgan fingerprint density at radius 1 is 0.253 bits per heavy atom. The predicted molar refractivity (Wildman–Crippen MR) is 382 cm³/mol. The first-order chi connectivity index (χ1) is 44.5. The summed E-state index contributed by atoms with van der Waals surface area (Å²) in [5, 5.41) is 0. The first kappa shape index (κ1) is 57.7. The molecule has 0 saturated heterocycles. The molecule has 0 radical (unpaired) electrons. The molecule has 0 N–H and O–H groups in total. The average molecular weight is 1180 g/mol. The molecule has 1 aliphatic carbocycles. The van der Waals surface area contributed by atoms with E-state index < -0.39 is 16.2 Å². The van der Waals surface area contributed by atoms with Gasteiger partial charge in [-0.3, -0.25) is 0 Å². The maximum Gasteiger partial charge on any atom is 0.0742 e. The van der Waals surface area contributed by atoms with Gasteiger partial charge in [-0.25, -0.2) is 0 Å². The van der Waals surface area contributed by atoms with Gasteiger partial charge in [0.1, 0.15) is 0 Å². The molecule has 15 rings (SSSR count). The van der Waals surface area contributed by atoms with Crippen LogP contribution in [0.2, 0.25) is 0 Å². The molecule has 2 nitrogen and oxygen atoms in total. The lowest BCUT2D eigenvalue weighted by atomic mass is 9.61. The Kier molecular flexibility index (Phi) is 14.5. The number of nitrogens with zero attached hydrogens (tertiary/aromatic N) is 2. The topological polar surface area (TPSA) is 6.48 Å². The summed E-state index contributed by atoms with van der Waals surface area (Å²) in [6.45, 7) is 18.0. The van der Waals surface area contributed by atoms with Gasteiger partial charge in [0.15, 0.2) is 0 Å². The maximum absolute atomic E-state index is 2.68. The lowest BCUT2D eigenvalue weighted by molar-refractivity contribution is 0.721. The Labute approximate surface area is 540 Å². The van der Waals surface area contributed by atoms with Crippen molar-refractivity contribution in [2.24, 2.45) is 0 Å². The highest BCUT2D eigenvalue weighted by Gasteiger charge is 2.54. The van der Waals surface area contributed by atoms with Crippen molar-refractivity contribution in [3.8, 4) is 11.1 Å². The zero-order valence-electron chi connectivity index (χ0n) is 54.0. The minimum atomic E-state index is -0.795. The van der Waals surface area contributed by atoms with E-state index in [2.05, 4.69) is 332 Å². The molecular weight excluding hydrogens is 1100 g/mol. The fourth-order valence-electron chi connectivity index (χ4n) is 16.1. The summed E-state index contributed by atoms with van der Waals surface area (Å²) in [7, 11) is 0. The van der Waals surface area contributed by atoms with Crippen molar-refractivity contribution < 1.29 is 0 Å². The molecule has 0 unspecified atom stereocenters. The van der Waals surface area contributed by atoms with Crippen molar-refractivity contribution in [2.75, 3.05) is 9.80 Å². The molecule has 2 aliphatic heterocycles. The highest BCUT2D eigenvalue weighted by molar-refractivity contribution is 5.99. The van der Waals surface area contributed by atoms with Crippen molar-refractivity contribution in [3.05, 3.63) is 378 Å². The number of rotatable bonds is 14. The van der Waals surface area contributed by atoms with Crippen molar-refractivity contribution in [3.63, 3.8) is 0 Å². The SMILES string of the molecule is CCCCc1ccc(N2c3ccc(C)cc3C(c3ccc(C)cc3)(c3ccc(C)cc3)c3cc4c(cc32)C(c2ccccc2)(c2ccccc2)c2cc3c(cc2-4)C(c2ccc(C)cc2)(c2ccc(C)cc2)c2cc(C)ccc2N3c2ccc(CCCC)cc2)cc1. The van der Waals surface area contributed by atoms with Gasteiger partial charge < -0.3 is 9.80 Å². The fraction of sp³-hybridized carbons (Fsp3) is 0.191. The van der Waals surface area contributed by atoms with Crippen LogP contribution in [0.4, 0.5) is 34.1 Å². The average Bonchev–Trinajstić information content (AvgIpc) is 1.62. The van der Waals surface area contributed by atoms with E-state index in [4.69, 9.17) is 0 Å². The second kappa shape index (κ2) is 22.9. The number of fused-ring (bicyclic) bond motifs is 7. The van der Waals surface area contributed by atoms with Crippen LogP contribution < -0.4 is 9.80 Å². The van der Waals surface area contributed by atoms with E-state index in [1.54, 1.807) is 0 Å². The largest absolute Gasteiger partial charge is 0.310 e. The third-order valence-electron chi connectivity index (χ3n) is 20.6. The van der Waals surface area contributed by atoms with Crippen molar-refractivity contribution >= 4 is 34.1 Å². The van der Waals surface area contributed by atoms with Crippen LogP contribution in [-0.2, 0) is 29.1 Å².